The third-order valence-corrected chi connectivity index (χ3v) is 11.1. The number of carbonyl (C=O) groups is 3. The SMILES string of the molecule is NC(=O)c1ncc(N2CCCCC2)nc1Nc1ccc(N2CCC(CN3CCc4ccc5c(C6CCC(=O)NC6=O)noc5c4CC3)CC2)cc1. The number of aromatic nitrogens is 3. The maximum absolute atomic E-state index is 12.5. The number of nitrogens with two attached hydrogens (primary N) is 1. The van der Waals surface area contributed by atoms with Gasteiger partial charge in [0.1, 0.15) is 11.5 Å². The minimum Gasteiger partial charge on any atom is -0.372 e. The zero-order chi connectivity index (χ0) is 34.9. The molecule has 4 N–H and O–H groups in total. The van der Waals surface area contributed by atoms with Crippen molar-refractivity contribution >= 4 is 51.7 Å². The van der Waals surface area contributed by atoms with Gasteiger partial charge in [0.25, 0.3) is 5.91 Å². The number of anilines is 4. The number of imide groups is 1. The number of amides is 3. The van der Waals surface area contributed by atoms with Gasteiger partial charge in [0, 0.05) is 74.6 Å². The van der Waals surface area contributed by atoms with E-state index < -0.39 is 11.8 Å². The van der Waals surface area contributed by atoms with Crippen molar-refractivity contribution in [3.8, 4) is 0 Å². The lowest BCUT2D eigenvalue weighted by molar-refractivity contribution is -0.134. The summed E-state index contributed by atoms with van der Waals surface area (Å²) in [6, 6.07) is 12.5. The van der Waals surface area contributed by atoms with Gasteiger partial charge in [0.2, 0.25) is 11.8 Å². The van der Waals surface area contributed by atoms with E-state index >= 15 is 0 Å². The Labute approximate surface area is 296 Å². The van der Waals surface area contributed by atoms with Crippen LogP contribution in [0.5, 0.6) is 0 Å². The topological polar surface area (TPSA) is 163 Å². The number of hydrogen-bond donors (Lipinski definition) is 3. The van der Waals surface area contributed by atoms with Crippen molar-refractivity contribution in [2.45, 2.75) is 63.7 Å². The molecule has 13 heteroatoms. The van der Waals surface area contributed by atoms with Crippen molar-refractivity contribution in [2.75, 3.05) is 60.9 Å². The fraction of sp³-hybridized carbons (Fsp3) is 0.474. The molecule has 0 aliphatic carbocycles. The second-order valence-electron chi connectivity index (χ2n) is 14.4. The number of nitrogens with zero attached hydrogens (tertiary/aromatic N) is 6. The van der Waals surface area contributed by atoms with E-state index in [4.69, 9.17) is 15.2 Å². The normalized spacial score (nSPS) is 20.6. The summed E-state index contributed by atoms with van der Waals surface area (Å²) in [5.41, 5.74) is 11.7. The van der Waals surface area contributed by atoms with Crippen molar-refractivity contribution in [1.29, 1.82) is 0 Å². The van der Waals surface area contributed by atoms with E-state index in [9.17, 15) is 14.4 Å². The first-order valence-corrected chi connectivity index (χ1v) is 18.4. The van der Waals surface area contributed by atoms with Gasteiger partial charge >= 0.3 is 0 Å². The molecule has 2 aromatic heterocycles. The van der Waals surface area contributed by atoms with E-state index in [0.29, 0.717) is 30.3 Å². The number of nitrogens with one attached hydrogen (secondary N) is 2. The molecule has 8 rings (SSSR count). The number of benzene rings is 2. The molecule has 4 aromatic rings. The Hall–Kier alpha value is -5.04. The number of piperidine rings is 3. The van der Waals surface area contributed by atoms with E-state index in [1.807, 2.05) is 18.2 Å². The summed E-state index contributed by atoms with van der Waals surface area (Å²) in [6.07, 6.45) is 9.99. The average molecular weight is 692 g/mol. The number of rotatable bonds is 8. The smallest absolute Gasteiger partial charge is 0.271 e. The molecule has 4 aliphatic heterocycles. The van der Waals surface area contributed by atoms with Crippen LogP contribution in [0.3, 0.4) is 0 Å². The first-order chi connectivity index (χ1) is 24.9. The standard InChI is InChI=1S/C38H45N9O4/c39-36(49)34-37(42-31(22-40-34)47-16-2-1-3-17-47)41-26-5-7-27(8-6-26)46-20-12-24(13-21-46)23-45-18-14-25-4-9-29-33(30-10-11-32(48)43-38(30)50)44-51-35(29)28(25)15-19-45/h4-9,22,24,30H,1-3,10-21,23H2,(H2,39,49)(H,41,42)(H,43,48,50). The quantitative estimate of drug-likeness (QED) is 0.226. The van der Waals surface area contributed by atoms with Crippen molar-refractivity contribution in [3.63, 3.8) is 0 Å². The van der Waals surface area contributed by atoms with Crippen LogP contribution in [0.1, 0.15) is 78.2 Å². The number of primary amides is 1. The third kappa shape index (κ3) is 6.99. The second-order valence-corrected chi connectivity index (χ2v) is 14.4. The number of fused-ring (bicyclic) bond motifs is 3. The zero-order valence-corrected chi connectivity index (χ0v) is 28.9. The molecule has 0 bridgehead atoms. The molecule has 266 valence electrons. The first kappa shape index (κ1) is 33.1. The van der Waals surface area contributed by atoms with E-state index in [1.165, 1.54) is 23.2 Å². The highest BCUT2D eigenvalue weighted by Gasteiger charge is 2.33. The van der Waals surface area contributed by atoms with Gasteiger partial charge in [-0.3, -0.25) is 19.7 Å². The molecule has 3 amide bonds. The van der Waals surface area contributed by atoms with Crippen LogP contribution in [0.2, 0.25) is 0 Å². The minimum atomic E-state index is -0.604. The van der Waals surface area contributed by atoms with Gasteiger partial charge in [0.15, 0.2) is 17.1 Å². The van der Waals surface area contributed by atoms with Crippen LogP contribution >= 0.6 is 0 Å². The molecule has 51 heavy (non-hydrogen) atoms. The summed E-state index contributed by atoms with van der Waals surface area (Å²) in [7, 11) is 0. The van der Waals surface area contributed by atoms with Crippen molar-refractivity contribution in [1.82, 2.24) is 25.3 Å². The highest BCUT2D eigenvalue weighted by molar-refractivity contribution is 6.02. The summed E-state index contributed by atoms with van der Waals surface area (Å²) >= 11 is 0. The second kappa shape index (κ2) is 14.3. The fourth-order valence-electron chi connectivity index (χ4n) is 8.23. The fourth-order valence-corrected chi connectivity index (χ4v) is 8.23. The maximum Gasteiger partial charge on any atom is 0.271 e. The Morgan fingerprint density at radius 2 is 1.69 bits per heavy atom. The monoisotopic (exact) mass is 691 g/mol. The van der Waals surface area contributed by atoms with Gasteiger partial charge < -0.3 is 30.3 Å². The van der Waals surface area contributed by atoms with Crippen molar-refractivity contribution in [2.24, 2.45) is 11.7 Å². The third-order valence-electron chi connectivity index (χ3n) is 11.1. The molecule has 0 radical (unpaired) electrons. The predicted molar refractivity (Wildman–Crippen MR) is 194 cm³/mol. The summed E-state index contributed by atoms with van der Waals surface area (Å²) in [5, 5.41) is 11.0. The Bertz CT molecular complexity index is 1930. The van der Waals surface area contributed by atoms with Crippen molar-refractivity contribution in [3.05, 3.63) is 65.1 Å². The molecular formula is C38H45N9O4. The van der Waals surface area contributed by atoms with E-state index in [-0.39, 0.29) is 17.5 Å². The van der Waals surface area contributed by atoms with Crippen LogP contribution in [0.4, 0.5) is 23.0 Å². The summed E-state index contributed by atoms with van der Waals surface area (Å²) < 4.78 is 5.88. The Morgan fingerprint density at radius 3 is 2.45 bits per heavy atom. The lowest BCUT2D eigenvalue weighted by Crippen LogP contribution is -2.39. The highest BCUT2D eigenvalue weighted by Crippen LogP contribution is 2.35. The highest BCUT2D eigenvalue weighted by atomic mass is 16.5. The zero-order valence-electron chi connectivity index (χ0n) is 28.9. The van der Waals surface area contributed by atoms with Crippen LogP contribution in [0.25, 0.3) is 11.0 Å². The summed E-state index contributed by atoms with van der Waals surface area (Å²) in [5.74, 6) is 0.204. The lowest BCUT2D eigenvalue weighted by Gasteiger charge is -2.36. The molecule has 13 nitrogen and oxygen atoms in total. The molecular weight excluding hydrogens is 646 g/mol. The van der Waals surface area contributed by atoms with E-state index in [2.05, 4.69) is 53.7 Å². The van der Waals surface area contributed by atoms with Gasteiger partial charge in [-0.05, 0) is 93.2 Å². The summed E-state index contributed by atoms with van der Waals surface area (Å²) in [4.78, 5) is 52.7. The van der Waals surface area contributed by atoms with Crippen LogP contribution in [-0.2, 0) is 22.4 Å². The van der Waals surface area contributed by atoms with E-state index in [1.54, 1.807) is 6.20 Å². The van der Waals surface area contributed by atoms with Gasteiger partial charge in [-0.1, -0.05) is 11.2 Å². The Kier molecular flexibility index (Phi) is 9.28. The first-order valence-electron chi connectivity index (χ1n) is 18.4. The number of carbonyl (C=O) groups excluding carboxylic acids is 3. The van der Waals surface area contributed by atoms with Gasteiger partial charge in [-0.2, -0.15) is 0 Å². The maximum atomic E-state index is 12.5. The van der Waals surface area contributed by atoms with Crippen LogP contribution in [0, 0.1) is 5.92 Å². The predicted octanol–water partition coefficient (Wildman–Crippen LogP) is 4.29. The molecule has 6 heterocycles. The Balaban J connectivity index is 0.856. The summed E-state index contributed by atoms with van der Waals surface area (Å²) in [6.45, 7) is 6.91. The van der Waals surface area contributed by atoms with Gasteiger partial charge in [0.05, 0.1) is 12.1 Å². The largest absolute Gasteiger partial charge is 0.372 e. The minimum absolute atomic E-state index is 0.139. The molecule has 1 unspecified atom stereocenters. The molecule has 1 atom stereocenters. The molecule has 0 saturated carbocycles. The molecule has 4 aliphatic rings. The average Bonchev–Trinajstić information content (AvgIpc) is 3.47. The van der Waals surface area contributed by atoms with Crippen LogP contribution in [-0.4, -0.2) is 83.6 Å². The number of hydrogen-bond acceptors (Lipinski definition) is 11. The van der Waals surface area contributed by atoms with Crippen LogP contribution in [0.15, 0.2) is 47.1 Å². The Morgan fingerprint density at radius 1 is 0.902 bits per heavy atom. The van der Waals surface area contributed by atoms with Gasteiger partial charge in [-0.15, -0.1) is 0 Å². The van der Waals surface area contributed by atoms with Gasteiger partial charge in [-0.25, -0.2) is 9.97 Å². The van der Waals surface area contributed by atoms with E-state index in [0.717, 1.165) is 107 Å². The molecule has 3 fully saturated rings. The van der Waals surface area contributed by atoms with Crippen LogP contribution < -0.4 is 26.2 Å². The molecule has 0 spiro atoms. The lowest BCUT2D eigenvalue weighted by atomic mass is 9.91. The molecule has 3 saturated heterocycles. The van der Waals surface area contributed by atoms with Crippen molar-refractivity contribution < 1.29 is 18.9 Å². The molecule has 2 aromatic carbocycles.